The number of amides is 2. The normalized spacial score (nSPS) is 11.8. The van der Waals surface area contributed by atoms with Gasteiger partial charge in [0, 0.05) is 16.4 Å². The third-order valence-corrected chi connectivity index (χ3v) is 6.47. The van der Waals surface area contributed by atoms with Crippen LogP contribution in [0.1, 0.15) is 28.2 Å². The van der Waals surface area contributed by atoms with Crippen molar-refractivity contribution in [1.29, 1.82) is 0 Å². The average Bonchev–Trinajstić information content (AvgIpc) is 3.13. The Balaban J connectivity index is 1.62. The van der Waals surface area contributed by atoms with Gasteiger partial charge in [0.1, 0.15) is 10.9 Å². The van der Waals surface area contributed by atoms with Crippen LogP contribution in [0.15, 0.2) is 65.7 Å². The third kappa shape index (κ3) is 4.28. The monoisotopic (exact) mass is 466 g/mol. The van der Waals surface area contributed by atoms with E-state index in [0.717, 1.165) is 11.3 Å². The molecular weight excluding hydrogens is 448 g/mol. The predicted molar refractivity (Wildman–Crippen MR) is 128 cm³/mol. The lowest BCUT2D eigenvalue weighted by Crippen LogP contribution is -2.31. The van der Waals surface area contributed by atoms with Crippen molar-refractivity contribution in [3.05, 3.63) is 86.7 Å². The minimum atomic E-state index is -0.809. The summed E-state index contributed by atoms with van der Waals surface area (Å²) < 4.78 is 1.27. The highest BCUT2D eigenvalue weighted by Gasteiger charge is 2.23. The summed E-state index contributed by atoms with van der Waals surface area (Å²) in [5.41, 5.74) is 1.39. The van der Waals surface area contributed by atoms with Crippen LogP contribution in [0.25, 0.3) is 10.2 Å². The number of aromatic nitrogens is 2. The molecule has 0 bridgehead atoms. The Kier molecular flexibility index (Phi) is 6.07. The van der Waals surface area contributed by atoms with Crippen molar-refractivity contribution in [3.63, 3.8) is 0 Å². The summed E-state index contributed by atoms with van der Waals surface area (Å²) in [6.07, 6.45) is 1.34. The van der Waals surface area contributed by atoms with Crippen molar-refractivity contribution in [2.75, 3.05) is 10.6 Å². The third-order valence-electron chi connectivity index (χ3n) is 5.02. The molecular formula is C23H19ClN4O3S. The molecule has 0 spiro atoms. The zero-order valence-corrected chi connectivity index (χ0v) is 18.8. The van der Waals surface area contributed by atoms with Gasteiger partial charge in [0.2, 0.25) is 5.91 Å². The predicted octanol–water partition coefficient (Wildman–Crippen LogP) is 4.87. The molecule has 0 saturated carbocycles. The largest absolute Gasteiger partial charge is 0.324 e. The van der Waals surface area contributed by atoms with E-state index in [0.29, 0.717) is 37.1 Å². The van der Waals surface area contributed by atoms with E-state index >= 15 is 0 Å². The number of hydrogen-bond acceptors (Lipinski definition) is 5. The molecule has 0 fully saturated rings. The van der Waals surface area contributed by atoms with Gasteiger partial charge in [-0.3, -0.25) is 19.0 Å². The van der Waals surface area contributed by atoms with Crippen LogP contribution in [-0.2, 0) is 4.79 Å². The van der Waals surface area contributed by atoms with Gasteiger partial charge < -0.3 is 10.6 Å². The van der Waals surface area contributed by atoms with E-state index in [4.69, 9.17) is 11.6 Å². The summed E-state index contributed by atoms with van der Waals surface area (Å²) >= 11 is 7.02. The first-order valence-corrected chi connectivity index (χ1v) is 11.0. The van der Waals surface area contributed by atoms with Gasteiger partial charge in [0.05, 0.1) is 16.6 Å². The van der Waals surface area contributed by atoms with Crippen LogP contribution < -0.4 is 16.2 Å². The molecule has 9 heteroatoms. The quantitative estimate of drug-likeness (QED) is 0.438. The van der Waals surface area contributed by atoms with Crippen LogP contribution >= 0.6 is 22.9 Å². The lowest BCUT2D eigenvalue weighted by molar-refractivity contribution is -0.118. The summed E-state index contributed by atoms with van der Waals surface area (Å²) in [7, 11) is 0. The number of benzene rings is 2. The molecule has 2 N–H and O–H groups in total. The smallest absolute Gasteiger partial charge is 0.266 e. The van der Waals surface area contributed by atoms with E-state index in [1.54, 1.807) is 50.2 Å². The Labute approximate surface area is 192 Å². The molecule has 32 heavy (non-hydrogen) atoms. The Morgan fingerprint density at radius 2 is 1.69 bits per heavy atom. The van der Waals surface area contributed by atoms with Crippen LogP contribution in [0.4, 0.5) is 11.4 Å². The second-order valence-corrected chi connectivity index (χ2v) is 8.62. The summed E-state index contributed by atoms with van der Waals surface area (Å²) in [6.45, 7) is 3.33. The van der Waals surface area contributed by atoms with Crippen molar-refractivity contribution in [1.82, 2.24) is 9.55 Å². The van der Waals surface area contributed by atoms with Gasteiger partial charge in [-0.1, -0.05) is 29.8 Å². The van der Waals surface area contributed by atoms with Crippen LogP contribution in [-0.4, -0.2) is 21.4 Å². The van der Waals surface area contributed by atoms with E-state index in [1.165, 1.54) is 10.9 Å². The molecule has 1 unspecified atom stereocenters. The number of nitrogens with one attached hydrogen (secondary N) is 2. The Morgan fingerprint density at radius 3 is 2.38 bits per heavy atom. The maximum Gasteiger partial charge on any atom is 0.266 e. The maximum atomic E-state index is 13.2. The lowest BCUT2D eigenvalue weighted by atomic mass is 10.2. The standard InChI is InChI=1S/C23H19ClN4O3S/c1-13-18-22(32-19(13)21(30)27-16-6-4-3-5-7-16)25-12-28(23(18)31)14(2)20(29)26-17-10-8-15(24)9-11-17/h3-12,14H,1-2H3,(H,26,29)(H,27,30). The Morgan fingerprint density at radius 1 is 1.03 bits per heavy atom. The molecule has 2 aromatic carbocycles. The number of para-hydroxylation sites is 1. The maximum absolute atomic E-state index is 13.2. The number of hydrogen-bond donors (Lipinski definition) is 2. The molecule has 0 aliphatic heterocycles. The highest BCUT2D eigenvalue weighted by molar-refractivity contribution is 7.20. The number of fused-ring (bicyclic) bond motifs is 1. The molecule has 2 amide bonds. The van der Waals surface area contributed by atoms with Crippen LogP contribution in [0, 0.1) is 6.92 Å². The second-order valence-electron chi connectivity index (χ2n) is 7.19. The number of aryl methyl sites for hydroxylation is 1. The lowest BCUT2D eigenvalue weighted by Gasteiger charge is -2.15. The van der Waals surface area contributed by atoms with Crippen LogP contribution in [0.5, 0.6) is 0 Å². The summed E-state index contributed by atoms with van der Waals surface area (Å²) in [5.74, 6) is -0.679. The van der Waals surface area contributed by atoms with Crippen molar-refractivity contribution < 1.29 is 9.59 Å². The molecule has 2 heterocycles. The number of carbonyl (C=O) groups excluding carboxylic acids is 2. The molecule has 0 saturated heterocycles. The summed E-state index contributed by atoms with van der Waals surface area (Å²) in [6, 6.07) is 15.0. The van der Waals surface area contributed by atoms with Crippen molar-refractivity contribution in [3.8, 4) is 0 Å². The molecule has 0 aliphatic rings. The van der Waals surface area contributed by atoms with Gasteiger partial charge >= 0.3 is 0 Å². The molecule has 4 rings (SSSR count). The molecule has 4 aromatic rings. The number of carbonyl (C=O) groups is 2. The van der Waals surface area contributed by atoms with Gasteiger partial charge in [-0.2, -0.15) is 0 Å². The first-order chi connectivity index (χ1) is 15.3. The van der Waals surface area contributed by atoms with Gasteiger partial charge in [-0.25, -0.2) is 4.98 Å². The molecule has 2 aromatic heterocycles. The van der Waals surface area contributed by atoms with Crippen molar-refractivity contribution in [2.45, 2.75) is 19.9 Å². The van der Waals surface area contributed by atoms with E-state index in [9.17, 15) is 14.4 Å². The second kappa shape index (κ2) is 8.94. The number of thiophene rings is 1. The SMILES string of the molecule is Cc1c(C(=O)Nc2ccccc2)sc2ncn(C(C)C(=O)Nc3ccc(Cl)cc3)c(=O)c12. The fourth-order valence-electron chi connectivity index (χ4n) is 3.25. The van der Waals surface area contributed by atoms with E-state index in [1.807, 2.05) is 18.2 Å². The minimum absolute atomic E-state index is 0.309. The summed E-state index contributed by atoms with van der Waals surface area (Å²) in [5, 5.41) is 6.48. The number of rotatable bonds is 5. The first kappa shape index (κ1) is 21.7. The minimum Gasteiger partial charge on any atom is -0.324 e. The van der Waals surface area contributed by atoms with Gasteiger partial charge in [0.25, 0.3) is 11.5 Å². The zero-order chi connectivity index (χ0) is 22.8. The Bertz CT molecular complexity index is 1360. The number of anilines is 2. The number of halogens is 1. The molecule has 0 radical (unpaired) electrons. The van der Waals surface area contributed by atoms with Gasteiger partial charge in [0.15, 0.2) is 0 Å². The average molecular weight is 467 g/mol. The van der Waals surface area contributed by atoms with Gasteiger partial charge in [-0.15, -0.1) is 11.3 Å². The molecule has 162 valence electrons. The van der Waals surface area contributed by atoms with E-state index in [-0.39, 0.29) is 17.4 Å². The fourth-order valence-corrected chi connectivity index (χ4v) is 4.41. The molecule has 7 nitrogen and oxygen atoms in total. The van der Waals surface area contributed by atoms with E-state index in [2.05, 4.69) is 15.6 Å². The van der Waals surface area contributed by atoms with E-state index < -0.39 is 6.04 Å². The van der Waals surface area contributed by atoms with Crippen LogP contribution in [0.3, 0.4) is 0 Å². The topological polar surface area (TPSA) is 93.1 Å². The van der Waals surface area contributed by atoms with Crippen molar-refractivity contribution in [2.24, 2.45) is 0 Å². The Hall–Kier alpha value is -3.49. The first-order valence-electron chi connectivity index (χ1n) is 9.78. The van der Waals surface area contributed by atoms with Gasteiger partial charge in [-0.05, 0) is 55.8 Å². The van der Waals surface area contributed by atoms with Crippen LogP contribution in [0.2, 0.25) is 5.02 Å². The molecule has 0 aliphatic carbocycles. The highest BCUT2D eigenvalue weighted by Crippen LogP contribution is 2.28. The summed E-state index contributed by atoms with van der Waals surface area (Å²) in [4.78, 5) is 43.8. The highest BCUT2D eigenvalue weighted by atomic mass is 35.5. The fraction of sp³-hybridized carbons (Fsp3) is 0.130. The number of nitrogens with zero attached hydrogens (tertiary/aromatic N) is 2. The van der Waals surface area contributed by atoms with Crippen molar-refractivity contribution >= 4 is 56.3 Å². The molecule has 1 atom stereocenters. The zero-order valence-electron chi connectivity index (χ0n) is 17.3.